The van der Waals surface area contributed by atoms with Crippen LogP contribution in [-0.2, 0) is 12.0 Å². The van der Waals surface area contributed by atoms with Crippen LogP contribution in [0.15, 0.2) is 45.7 Å². The lowest BCUT2D eigenvalue weighted by atomic mass is 9.94. The minimum atomic E-state index is -0.368. The number of aryl methyl sites for hydroxylation is 1. The summed E-state index contributed by atoms with van der Waals surface area (Å²) in [4.78, 5) is 29.5. The summed E-state index contributed by atoms with van der Waals surface area (Å²) in [5.74, 6) is 1.10. The lowest BCUT2D eigenvalue weighted by Crippen LogP contribution is -2.24. The molecule has 34 heavy (non-hydrogen) atoms. The number of hydrogen-bond acceptors (Lipinski definition) is 7. The third-order valence-electron chi connectivity index (χ3n) is 5.88. The quantitative estimate of drug-likeness (QED) is 0.415. The molecule has 3 aromatic heterocycles. The molecule has 0 fully saturated rings. The average molecular weight is 476 g/mol. The number of nitrogens with one attached hydrogen (secondary N) is 2. The van der Waals surface area contributed by atoms with Gasteiger partial charge >= 0.3 is 0 Å². The molecule has 0 atom stereocenters. The molecule has 1 aromatic carbocycles. The highest BCUT2D eigenvalue weighted by Gasteiger charge is 2.34. The van der Waals surface area contributed by atoms with Crippen LogP contribution in [0.4, 0.5) is 17.2 Å². The Kier molecular flexibility index (Phi) is 5.16. The third kappa shape index (κ3) is 3.81. The van der Waals surface area contributed by atoms with Gasteiger partial charge in [-0.15, -0.1) is 11.3 Å². The molecule has 5 rings (SSSR count). The molecular formula is C25H25N5O3S. The Morgan fingerprint density at radius 1 is 1.15 bits per heavy atom. The summed E-state index contributed by atoms with van der Waals surface area (Å²) in [6.45, 7) is 10.8. The smallest absolute Gasteiger partial charge is 0.287 e. The molecule has 1 aliphatic heterocycles. The van der Waals surface area contributed by atoms with Gasteiger partial charge in [-0.25, -0.2) is 5.10 Å². The second kappa shape index (κ2) is 7.95. The molecule has 1 amide bonds. The normalized spacial score (nSPS) is 13.4. The molecule has 0 spiro atoms. The summed E-state index contributed by atoms with van der Waals surface area (Å²) >= 11 is 1.58. The van der Waals surface area contributed by atoms with E-state index in [2.05, 4.69) is 47.5 Å². The first-order valence-electron chi connectivity index (χ1n) is 11.0. The molecule has 1 aliphatic rings. The van der Waals surface area contributed by atoms with Gasteiger partial charge in [0.1, 0.15) is 11.4 Å². The van der Waals surface area contributed by atoms with E-state index >= 15 is 0 Å². The van der Waals surface area contributed by atoms with Crippen LogP contribution in [0, 0.1) is 13.8 Å². The minimum absolute atomic E-state index is 0.0161. The number of thiophene rings is 1. The van der Waals surface area contributed by atoms with Gasteiger partial charge in [-0.2, -0.15) is 5.10 Å². The van der Waals surface area contributed by atoms with Crippen molar-refractivity contribution in [2.75, 3.05) is 10.2 Å². The Morgan fingerprint density at radius 3 is 2.62 bits per heavy atom. The largest absolute Gasteiger partial charge is 0.360 e. The molecular weight excluding hydrogens is 450 g/mol. The van der Waals surface area contributed by atoms with Crippen molar-refractivity contribution in [2.24, 2.45) is 0 Å². The van der Waals surface area contributed by atoms with Crippen LogP contribution in [0.5, 0.6) is 0 Å². The Labute approximate surface area is 200 Å². The average Bonchev–Trinajstić information content (AvgIpc) is 3.46. The Bertz CT molecular complexity index is 1470. The molecule has 0 radical (unpaired) electrons. The van der Waals surface area contributed by atoms with Gasteiger partial charge in [0.2, 0.25) is 0 Å². The second-order valence-corrected chi connectivity index (χ2v) is 10.6. The monoisotopic (exact) mass is 475 g/mol. The Balaban J connectivity index is 1.48. The number of carbonyl (C=O) groups excluding carboxylic acids is 1. The van der Waals surface area contributed by atoms with Gasteiger partial charge in [-0.1, -0.05) is 38.1 Å². The number of fused-ring (bicyclic) bond motifs is 1. The summed E-state index contributed by atoms with van der Waals surface area (Å²) in [5.41, 5.74) is 4.17. The summed E-state index contributed by atoms with van der Waals surface area (Å²) in [5, 5.41) is 13.6. The van der Waals surface area contributed by atoms with Gasteiger partial charge < -0.3 is 14.7 Å². The van der Waals surface area contributed by atoms with E-state index in [0.29, 0.717) is 29.5 Å². The number of benzene rings is 1. The lowest BCUT2D eigenvalue weighted by molar-refractivity contribution is 0.1000. The number of rotatable bonds is 4. The fourth-order valence-electron chi connectivity index (χ4n) is 4.05. The van der Waals surface area contributed by atoms with Gasteiger partial charge in [-0.3, -0.25) is 9.59 Å². The summed E-state index contributed by atoms with van der Waals surface area (Å²) in [7, 11) is 0. The van der Waals surface area contributed by atoms with Gasteiger partial charge in [0, 0.05) is 22.2 Å². The van der Waals surface area contributed by atoms with Crippen molar-refractivity contribution in [1.82, 2.24) is 15.4 Å². The highest BCUT2D eigenvalue weighted by molar-refractivity contribution is 7.14. The highest BCUT2D eigenvalue weighted by Crippen LogP contribution is 2.40. The van der Waals surface area contributed by atoms with Crippen molar-refractivity contribution in [3.05, 3.63) is 73.4 Å². The van der Waals surface area contributed by atoms with Gasteiger partial charge in [0.15, 0.2) is 5.82 Å². The number of aromatic amines is 1. The molecule has 0 saturated carbocycles. The van der Waals surface area contributed by atoms with Crippen LogP contribution in [-0.4, -0.2) is 21.3 Å². The maximum atomic E-state index is 13.3. The summed E-state index contributed by atoms with van der Waals surface area (Å²) in [6, 6.07) is 11.3. The van der Waals surface area contributed by atoms with E-state index < -0.39 is 0 Å². The predicted octanol–water partition coefficient (Wildman–Crippen LogP) is 5.30. The van der Waals surface area contributed by atoms with Crippen LogP contribution >= 0.6 is 11.3 Å². The molecule has 9 heteroatoms. The van der Waals surface area contributed by atoms with E-state index in [9.17, 15) is 9.59 Å². The minimum Gasteiger partial charge on any atom is -0.360 e. The molecule has 0 aliphatic carbocycles. The van der Waals surface area contributed by atoms with E-state index in [0.717, 1.165) is 27.3 Å². The van der Waals surface area contributed by atoms with E-state index in [-0.39, 0.29) is 16.9 Å². The first-order chi connectivity index (χ1) is 16.1. The second-order valence-electron chi connectivity index (χ2n) is 9.50. The molecule has 0 saturated heterocycles. The van der Waals surface area contributed by atoms with Crippen molar-refractivity contribution in [3.63, 3.8) is 0 Å². The highest BCUT2D eigenvalue weighted by atomic mass is 32.1. The number of amides is 1. The van der Waals surface area contributed by atoms with Crippen molar-refractivity contribution in [1.29, 1.82) is 0 Å². The first-order valence-corrected chi connectivity index (χ1v) is 11.8. The fourth-order valence-corrected chi connectivity index (χ4v) is 5.23. The van der Waals surface area contributed by atoms with Gasteiger partial charge in [0.05, 0.1) is 17.1 Å². The van der Waals surface area contributed by atoms with E-state index in [4.69, 9.17) is 4.52 Å². The van der Waals surface area contributed by atoms with Gasteiger partial charge in [-0.05, 0) is 48.6 Å². The number of carbonyl (C=O) groups is 1. The molecule has 2 N–H and O–H groups in total. The number of anilines is 3. The predicted molar refractivity (Wildman–Crippen MR) is 133 cm³/mol. The zero-order valence-corrected chi connectivity index (χ0v) is 20.5. The molecule has 0 bridgehead atoms. The van der Waals surface area contributed by atoms with Crippen molar-refractivity contribution in [3.8, 4) is 11.3 Å². The maximum Gasteiger partial charge on any atom is 0.287 e. The molecule has 174 valence electrons. The summed E-state index contributed by atoms with van der Waals surface area (Å²) < 4.78 is 5.06. The number of aromatic nitrogens is 3. The number of H-pyrrole nitrogens is 1. The lowest BCUT2D eigenvalue weighted by Gasteiger charge is -2.21. The van der Waals surface area contributed by atoms with Gasteiger partial charge in [0.25, 0.3) is 11.5 Å². The van der Waals surface area contributed by atoms with E-state index in [1.54, 1.807) is 30.4 Å². The number of nitrogens with zero attached hydrogens (tertiary/aromatic N) is 3. The zero-order chi connectivity index (χ0) is 24.2. The first kappa shape index (κ1) is 22.1. The van der Waals surface area contributed by atoms with Crippen molar-refractivity contribution < 1.29 is 9.32 Å². The van der Waals surface area contributed by atoms with Crippen LogP contribution in [0.3, 0.4) is 0 Å². The van der Waals surface area contributed by atoms with E-state index in [1.807, 2.05) is 30.0 Å². The van der Waals surface area contributed by atoms with Crippen LogP contribution in [0.2, 0.25) is 0 Å². The van der Waals surface area contributed by atoms with Crippen LogP contribution in [0.1, 0.15) is 52.2 Å². The van der Waals surface area contributed by atoms with Crippen LogP contribution in [0.25, 0.3) is 11.3 Å². The van der Waals surface area contributed by atoms with E-state index in [1.165, 1.54) is 4.88 Å². The third-order valence-corrected chi connectivity index (χ3v) is 7.47. The topological polar surface area (TPSA) is 104 Å². The summed E-state index contributed by atoms with van der Waals surface area (Å²) in [6.07, 6.45) is 0. The maximum absolute atomic E-state index is 13.3. The molecule has 0 unspecified atom stereocenters. The fraction of sp³-hybridized carbons (Fsp3) is 0.280. The zero-order valence-electron chi connectivity index (χ0n) is 19.6. The SMILES string of the molecule is Cc1cc(Nc2cc(-c3cccc(N4Cc5cc(C(C)(C)C)sc5C4=O)c3C)n[nH]c2=O)no1. The standard InChI is InChI=1S/C25H25N5O3S/c1-13-9-21(29-33-13)26-18-11-17(27-28-23(18)31)16-7-6-8-19(14(16)2)30-12-15-10-20(25(3,4)5)34-22(15)24(30)32/h6-11H,12H2,1-5H3,(H,28,31)(H,26,27,29). The van der Waals surface area contributed by atoms with Crippen LogP contribution < -0.4 is 15.8 Å². The molecule has 4 heterocycles. The Hall–Kier alpha value is -3.72. The van der Waals surface area contributed by atoms with Crippen molar-refractivity contribution in [2.45, 2.75) is 46.6 Å². The molecule has 4 aromatic rings. The molecule has 8 nitrogen and oxygen atoms in total. The Morgan fingerprint density at radius 2 is 1.94 bits per heavy atom. The van der Waals surface area contributed by atoms with Crippen molar-refractivity contribution >= 4 is 34.4 Å². The number of hydrogen-bond donors (Lipinski definition) is 2.